The van der Waals surface area contributed by atoms with E-state index in [4.69, 9.17) is 19.2 Å². The molecule has 0 saturated heterocycles. The summed E-state index contributed by atoms with van der Waals surface area (Å²) in [6, 6.07) is 17.4. The molecule has 4 aromatic rings. The van der Waals surface area contributed by atoms with Gasteiger partial charge < -0.3 is 24.1 Å². The molecule has 3 aromatic carbocycles. The molecule has 1 aromatic heterocycles. The number of amides is 1. The lowest BCUT2D eigenvalue weighted by Crippen LogP contribution is -2.29. The molecule has 0 radical (unpaired) electrons. The molecule has 1 N–H and O–H groups in total. The number of para-hydroxylation sites is 2. The molecule has 0 aliphatic heterocycles. The quantitative estimate of drug-likeness (QED) is 0.380. The molecule has 0 saturated carbocycles. The second kappa shape index (κ2) is 10.1. The fraction of sp³-hybridized carbons (Fsp3) is 0.286. The molecule has 0 unspecified atom stereocenters. The largest absolute Gasteiger partial charge is 0.493 e. The molecular formula is C28H31N3O4. The van der Waals surface area contributed by atoms with Gasteiger partial charge in [-0.2, -0.15) is 0 Å². The number of benzene rings is 3. The normalized spacial score (nSPS) is 11.8. The summed E-state index contributed by atoms with van der Waals surface area (Å²) in [4.78, 5) is 18.1. The molecule has 7 nitrogen and oxygen atoms in total. The summed E-state index contributed by atoms with van der Waals surface area (Å²) in [5, 5.41) is 3.09. The van der Waals surface area contributed by atoms with Crippen molar-refractivity contribution in [3.05, 3.63) is 82.7 Å². The first-order valence-corrected chi connectivity index (χ1v) is 11.5. The monoisotopic (exact) mass is 473 g/mol. The van der Waals surface area contributed by atoms with Crippen LogP contribution in [-0.2, 0) is 6.54 Å². The molecule has 1 atom stereocenters. The van der Waals surface area contributed by atoms with Gasteiger partial charge >= 0.3 is 0 Å². The number of methoxy groups -OCH3 is 3. The van der Waals surface area contributed by atoms with Gasteiger partial charge in [-0.25, -0.2) is 4.98 Å². The van der Waals surface area contributed by atoms with Crippen molar-refractivity contribution in [3.8, 4) is 17.2 Å². The van der Waals surface area contributed by atoms with E-state index < -0.39 is 0 Å². The summed E-state index contributed by atoms with van der Waals surface area (Å²) in [6.45, 7) is 6.81. The predicted octanol–water partition coefficient (Wildman–Crippen LogP) is 5.22. The van der Waals surface area contributed by atoms with Crippen LogP contribution in [0.15, 0.2) is 54.6 Å². The van der Waals surface area contributed by atoms with E-state index in [1.54, 1.807) is 12.1 Å². The van der Waals surface area contributed by atoms with Crippen molar-refractivity contribution in [3.63, 3.8) is 0 Å². The van der Waals surface area contributed by atoms with Crippen LogP contribution in [0.3, 0.4) is 0 Å². The van der Waals surface area contributed by atoms with Crippen LogP contribution in [0, 0.1) is 13.8 Å². The van der Waals surface area contributed by atoms with Crippen molar-refractivity contribution < 1.29 is 19.0 Å². The molecule has 1 amide bonds. The van der Waals surface area contributed by atoms with Crippen LogP contribution in [0.2, 0.25) is 0 Å². The van der Waals surface area contributed by atoms with Crippen molar-refractivity contribution in [1.82, 2.24) is 14.9 Å². The minimum absolute atomic E-state index is 0.262. The van der Waals surface area contributed by atoms with Crippen LogP contribution in [0.5, 0.6) is 17.2 Å². The summed E-state index contributed by atoms with van der Waals surface area (Å²) >= 11 is 0. The average Bonchev–Trinajstić information content (AvgIpc) is 3.23. The van der Waals surface area contributed by atoms with E-state index >= 15 is 0 Å². The summed E-state index contributed by atoms with van der Waals surface area (Å²) in [5.41, 5.74) is 5.97. The molecule has 0 bridgehead atoms. The maximum atomic E-state index is 13.2. The average molecular weight is 474 g/mol. The maximum absolute atomic E-state index is 13.2. The summed E-state index contributed by atoms with van der Waals surface area (Å²) in [6.07, 6.45) is 0. The van der Waals surface area contributed by atoms with Crippen molar-refractivity contribution in [2.75, 3.05) is 21.3 Å². The van der Waals surface area contributed by atoms with E-state index in [-0.39, 0.29) is 11.9 Å². The number of carbonyl (C=O) groups is 1. The minimum Gasteiger partial charge on any atom is -0.493 e. The Morgan fingerprint density at radius 2 is 1.66 bits per heavy atom. The Morgan fingerprint density at radius 3 is 2.31 bits per heavy atom. The van der Waals surface area contributed by atoms with Gasteiger partial charge in [0.2, 0.25) is 5.75 Å². The van der Waals surface area contributed by atoms with Gasteiger partial charge in [0, 0.05) is 12.1 Å². The number of fused-ring (bicyclic) bond motifs is 1. The Morgan fingerprint density at radius 1 is 0.971 bits per heavy atom. The first kappa shape index (κ1) is 24.1. The molecular weight excluding hydrogens is 442 g/mol. The van der Waals surface area contributed by atoms with Crippen molar-refractivity contribution >= 4 is 16.9 Å². The van der Waals surface area contributed by atoms with Crippen LogP contribution < -0.4 is 19.5 Å². The fourth-order valence-corrected chi connectivity index (χ4v) is 4.29. The summed E-state index contributed by atoms with van der Waals surface area (Å²) in [7, 11) is 4.58. The highest BCUT2D eigenvalue weighted by atomic mass is 16.5. The van der Waals surface area contributed by atoms with Gasteiger partial charge in [0.05, 0.1) is 38.4 Å². The van der Waals surface area contributed by atoms with Crippen LogP contribution in [0.25, 0.3) is 11.0 Å². The van der Waals surface area contributed by atoms with Gasteiger partial charge in [-0.1, -0.05) is 35.9 Å². The highest BCUT2D eigenvalue weighted by molar-refractivity contribution is 5.96. The first-order valence-electron chi connectivity index (χ1n) is 11.5. The van der Waals surface area contributed by atoms with Gasteiger partial charge in [0.25, 0.3) is 5.91 Å². The highest BCUT2D eigenvalue weighted by Crippen LogP contribution is 2.38. The molecule has 1 heterocycles. The number of aromatic nitrogens is 2. The molecule has 35 heavy (non-hydrogen) atoms. The van der Waals surface area contributed by atoms with Crippen LogP contribution in [0.4, 0.5) is 0 Å². The molecule has 4 rings (SSSR count). The Kier molecular flexibility index (Phi) is 6.96. The smallest absolute Gasteiger partial charge is 0.252 e. The number of ether oxygens (including phenoxy) is 3. The summed E-state index contributed by atoms with van der Waals surface area (Å²) in [5.74, 6) is 1.81. The lowest BCUT2D eigenvalue weighted by Gasteiger charge is -2.19. The molecule has 182 valence electrons. The second-order valence-corrected chi connectivity index (χ2v) is 8.58. The summed E-state index contributed by atoms with van der Waals surface area (Å²) < 4.78 is 18.4. The van der Waals surface area contributed by atoms with E-state index in [0.717, 1.165) is 16.9 Å². The number of hydrogen-bond donors (Lipinski definition) is 1. The molecule has 0 fully saturated rings. The van der Waals surface area contributed by atoms with Gasteiger partial charge in [0.1, 0.15) is 5.82 Å². The number of nitrogens with one attached hydrogen (secondary N) is 1. The Balaban J connectivity index is 1.69. The first-order chi connectivity index (χ1) is 16.9. The number of carbonyl (C=O) groups excluding carboxylic acids is 1. The third-order valence-electron chi connectivity index (χ3n) is 6.18. The second-order valence-electron chi connectivity index (χ2n) is 8.58. The Bertz CT molecular complexity index is 1350. The number of rotatable bonds is 8. The lowest BCUT2D eigenvalue weighted by atomic mass is 10.1. The van der Waals surface area contributed by atoms with Crippen molar-refractivity contribution in [2.24, 2.45) is 0 Å². The zero-order valence-electron chi connectivity index (χ0n) is 21.0. The van der Waals surface area contributed by atoms with Crippen LogP contribution in [-0.4, -0.2) is 36.8 Å². The van der Waals surface area contributed by atoms with Crippen LogP contribution >= 0.6 is 0 Å². The molecule has 0 spiro atoms. The minimum atomic E-state index is -0.348. The predicted molar refractivity (Wildman–Crippen MR) is 137 cm³/mol. The molecule has 0 aliphatic carbocycles. The van der Waals surface area contributed by atoms with E-state index in [0.29, 0.717) is 29.4 Å². The SMILES string of the molecule is COc1cc(C(=O)N[C@H](C)c2nc3ccccc3n2Cc2cc(C)ccc2C)cc(OC)c1OC. The van der Waals surface area contributed by atoms with Gasteiger partial charge in [-0.15, -0.1) is 0 Å². The maximum Gasteiger partial charge on any atom is 0.252 e. The topological polar surface area (TPSA) is 74.6 Å². The van der Waals surface area contributed by atoms with E-state index in [2.05, 4.69) is 48.0 Å². The van der Waals surface area contributed by atoms with Gasteiger partial charge in [-0.05, 0) is 56.2 Å². The molecule has 7 heteroatoms. The fourth-order valence-electron chi connectivity index (χ4n) is 4.29. The molecule has 0 aliphatic rings. The number of imidazole rings is 1. The van der Waals surface area contributed by atoms with Gasteiger partial charge in [0.15, 0.2) is 11.5 Å². The lowest BCUT2D eigenvalue weighted by molar-refractivity contribution is 0.0937. The number of nitrogens with zero attached hydrogens (tertiary/aromatic N) is 2. The Hall–Kier alpha value is -4.00. The zero-order chi connectivity index (χ0) is 25.1. The van der Waals surface area contributed by atoms with Gasteiger partial charge in [-0.3, -0.25) is 4.79 Å². The number of hydrogen-bond acceptors (Lipinski definition) is 5. The van der Waals surface area contributed by atoms with E-state index in [9.17, 15) is 4.79 Å². The van der Waals surface area contributed by atoms with Crippen molar-refractivity contribution in [2.45, 2.75) is 33.4 Å². The van der Waals surface area contributed by atoms with E-state index in [1.807, 2.05) is 25.1 Å². The Labute approximate surface area is 205 Å². The number of aryl methyl sites for hydroxylation is 2. The zero-order valence-corrected chi connectivity index (χ0v) is 21.0. The third-order valence-corrected chi connectivity index (χ3v) is 6.18. The third kappa shape index (κ3) is 4.80. The van der Waals surface area contributed by atoms with E-state index in [1.165, 1.54) is 38.0 Å². The highest BCUT2D eigenvalue weighted by Gasteiger charge is 2.22. The standard InChI is InChI=1S/C28H31N3O4/c1-17-11-12-18(2)21(13-17)16-31-23-10-8-7-9-22(23)30-27(31)19(3)29-28(32)20-14-24(33-4)26(35-6)25(15-20)34-5/h7-15,19H,16H2,1-6H3,(H,29,32)/t19-/m1/s1. The van der Waals surface area contributed by atoms with Crippen molar-refractivity contribution in [1.29, 1.82) is 0 Å². The van der Waals surface area contributed by atoms with Crippen LogP contribution in [0.1, 0.15) is 45.8 Å².